The first-order chi connectivity index (χ1) is 12.1. The van der Waals surface area contributed by atoms with Gasteiger partial charge in [-0.25, -0.2) is 0 Å². The minimum absolute atomic E-state index is 0.158. The Hall–Kier alpha value is -2.69. The lowest BCUT2D eigenvalue weighted by Crippen LogP contribution is -2.33. The fourth-order valence-corrected chi connectivity index (χ4v) is 3.86. The third kappa shape index (κ3) is 2.18. The smallest absolute Gasteiger partial charge is 0.255 e. The van der Waals surface area contributed by atoms with Crippen molar-refractivity contribution in [3.05, 3.63) is 53.3 Å². The molecule has 2 fully saturated rings. The Morgan fingerprint density at radius 1 is 1.24 bits per heavy atom. The highest BCUT2D eigenvalue weighted by Gasteiger charge is 2.61. The van der Waals surface area contributed by atoms with Crippen molar-refractivity contribution in [3.63, 3.8) is 0 Å². The van der Waals surface area contributed by atoms with Crippen LogP contribution in [0.1, 0.15) is 47.3 Å². The van der Waals surface area contributed by atoms with Crippen LogP contribution >= 0.6 is 0 Å². The first kappa shape index (κ1) is 14.6. The van der Waals surface area contributed by atoms with Gasteiger partial charge in [-0.3, -0.25) is 14.6 Å². The van der Waals surface area contributed by atoms with Crippen LogP contribution in [0.5, 0.6) is 0 Å². The molecule has 1 spiro atoms. The SMILES string of the molecule is Cc1cc(C(=O)Nc2ccc3c(c2)N(C2CC2)C(=O)C32CC2)ccn1. The summed E-state index contributed by atoms with van der Waals surface area (Å²) in [5.41, 5.74) is 4.00. The minimum atomic E-state index is -0.261. The standard InChI is InChI=1S/C20H19N3O2/c1-12-10-13(6-9-21-12)18(24)22-14-2-5-16-17(11-14)23(15-3-4-15)19(25)20(16)7-8-20/h2,5-6,9-11,15H,3-4,7-8H2,1H3,(H,22,24). The van der Waals surface area contributed by atoms with Crippen LogP contribution in [0.4, 0.5) is 11.4 Å². The molecule has 0 saturated heterocycles. The molecule has 0 bridgehead atoms. The number of benzene rings is 1. The average Bonchev–Trinajstić information content (AvgIpc) is 3.49. The van der Waals surface area contributed by atoms with Crippen LogP contribution in [0.2, 0.25) is 0 Å². The summed E-state index contributed by atoms with van der Waals surface area (Å²) in [4.78, 5) is 31.4. The van der Waals surface area contributed by atoms with Crippen molar-refractivity contribution < 1.29 is 9.59 Å². The fraction of sp³-hybridized carbons (Fsp3) is 0.350. The molecule has 25 heavy (non-hydrogen) atoms. The summed E-state index contributed by atoms with van der Waals surface area (Å²) in [5, 5.41) is 2.95. The van der Waals surface area contributed by atoms with Crippen LogP contribution in [0.3, 0.4) is 0 Å². The number of nitrogens with zero attached hydrogens (tertiary/aromatic N) is 2. The number of anilines is 2. The number of carbonyl (C=O) groups excluding carboxylic acids is 2. The molecule has 2 heterocycles. The molecule has 0 unspecified atom stereocenters. The quantitative estimate of drug-likeness (QED) is 0.938. The van der Waals surface area contributed by atoms with Gasteiger partial charge in [-0.1, -0.05) is 6.07 Å². The normalized spacial score (nSPS) is 19.9. The average molecular weight is 333 g/mol. The summed E-state index contributed by atoms with van der Waals surface area (Å²) in [5.74, 6) is 0.104. The van der Waals surface area contributed by atoms with E-state index < -0.39 is 0 Å². The summed E-state index contributed by atoms with van der Waals surface area (Å²) in [6.45, 7) is 1.86. The molecule has 2 amide bonds. The highest BCUT2D eigenvalue weighted by molar-refractivity contribution is 6.12. The second-order valence-corrected chi connectivity index (χ2v) is 7.36. The lowest BCUT2D eigenvalue weighted by atomic mass is 9.97. The Morgan fingerprint density at radius 3 is 2.72 bits per heavy atom. The van der Waals surface area contributed by atoms with E-state index in [9.17, 15) is 9.59 Å². The van der Waals surface area contributed by atoms with Crippen molar-refractivity contribution in [2.45, 2.75) is 44.1 Å². The lowest BCUT2D eigenvalue weighted by molar-refractivity contribution is -0.120. The monoisotopic (exact) mass is 333 g/mol. The van der Waals surface area contributed by atoms with Gasteiger partial charge >= 0.3 is 0 Å². The molecular formula is C20H19N3O2. The van der Waals surface area contributed by atoms with Crippen LogP contribution in [0, 0.1) is 6.92 Å². The van der Waals surface area contributed by atoms with Gasteiger partial charge < -0.3 is 10.2 Å². The van der Waals surface area contributed by atoms with E-state index in [4.69, 9.17) is 0 Å². The van der Waals surface area contributed by atoms with Crippen molar-refractivity contribution in [2.24, 2.45) is 0 Å². The molecule has 0 atom stereocenters. The molecule has 5 nitrogen and oxygen atoms in total. The highest BCUT2D eigenvalue weighted by Crippen LogP contribution is 2.59. The number of hydrogen-bond donors (Lipinski definition) is 1. The highest BCUT2D eigenvalue weighted by atomic mass is 16.2. The van der Waals surface area contributed by atoms with E-state index in [2.05, 4.69) is 10.3 Å². The second kappa shape index (κ2) is 4.91. The molecule has 1 aromatic carbocycles. The van der Waals surface area contributed by atoms with E-state index in [0.29, 0.717) is 11.6 Å². The summed E-state index contributed by atoms with van der Waals surface area (Å²) in [7, 11) is 0. The zero-order chi connectivity index (χ0) is 17.2. The number of rotatable bonds is 3. The zero-order valence-corrected chi connectivity index (χ0v) is 14.1. The largest absolute Gasteiger partial charge is 0.322 e. The molecule has 2 saturated carbocycles. The van der Waals surface area contributed by atoms with Gasteiger partial charge in [0.1, 0.15) is 0 Å². The Labute approximate surface area is 146 Å². The molecule has 5 heteroatoms. The number of pyridine rings is 1. The summed E-state index contributed by atoms with van der Waals surface area (Å²) in [6.07, 6.45) is 5.69. The molecule has 1 aliphatic heterocycles. The van der Waals surface area contributed by atoms with Crippen LogP contribution in [0.15, 0.2) is 36.5 Å². The van der Waals surface area contributed by atoms with Gasteiger partial charge in [0.25, 0.3) is 5.91 Å². The van der Waals surface area contributed by atoms with Crippen molar-refractivity contribution in [2.75, 3.05) is 10.2 Å². The molecule has 2 aliphatic carbocycles. The van der Waals surface area contributed by atoms with Crippen LogP contribution < -0.4 is 10.2 Å². The van der Waals surface area contributed by atoms with Gasteiger partial charge in [-0.15, -0.1) is 0 Å². The van der Waals surface area contributed by atoms with E-state index >= 15 is 0 Å². The Morgan fingerprint density at radius 2 is 2.04 bits per heavy atom. The maximum Gasteiger partial charge on any atom is 0.255 e. The minimum Gasteiger partial charge on any atom is -0.322 e. The van der Waals surface area contributed by atoms with Crippen molar-refractivity contribution in [1.29, 1.82) is 0 Å². The maximum atomic E-state index is 12.9. The molecule has 2 aromatic rings. The lowest BCUT2D eigenvalue weighted by Gasteiger charge is -2.17. The van der Waals surface area contributed by atoms with Crippen molar-refractivity contribution in [3.8, 4) is 0 Å². The number of nitrogens with one attached hydrogen (secondary N) is 1. The van der Waals surface area contributed by atoms with E-state index in [1.54, 1.807) is 18.3 Å². The van der Waals surface area contributed by atoms with Crippen molar-refractivity contribution in [1.82, 2.24) is 4.98 Å². The van der Waals surface area contributed by atoms with Gasteiger partial charge in [-0.05, 0) is 62.4 Å². The van der Waals surface area contributed by atoms with Gasteiger partial charge in [0.2, 0.25) is 5.91 Å². The molecule has 1 N–H and O–H groups in total. The molecule has 3 aliphatic rings. The molecule has 1 aromatic heterocycles. The fourth-order valence-electron chi connectivity index (χ4n) is 3.86. The number of hydrogen-bond acceptors (Lipinski definition) is 3. The first-order valence-corrected chi connectivity index (χ1v) is 8.81. The van der Waals surface area contributed by atoms with Crippen molar-refractivity contribution >= 4 is 23.2 Å². The van der Waals surface area contributed by atoms with Crippen LogP contribution in [-0.2, 0) is 10.2 Å². The van der Waals surface area contributed by atoms with E-state index in [0.717, 1.165) is 48.3 Å². The predicted octanol–water partition coefficient (Wildman–Crippen LogP) is 3.18. The Kier molecular flexibility index (Phi) is 2.87. The number of amides is 2. The Bertz CT molecular complexity index is 913. The number of aryl methyl sites for hydroxylation is 1. The van der Waals surface area contributed by atoms with E-state index in [1.165, 1.54) is 0 Å². The third-order valence-electron chi connectivity index (χ3n) is 5.48. The molecule has 5 rings (SSSR count). The molecule has 126 valence electrons. The number of carbonyl (C=O) groups is 2. The third-order valence-corrected chi connectivity index (χ3v) is 5.48. The van der Waals surface area contributed by atoms with Gasteiger partial charge in [0.15, 0.2) is 0 Å². The second-order valence-electron chi connectivity index (χ2n) is 7.36. The number of aromatic nitrogens is 1. The first-order valence-electron chi connectivity index (χ1n) is 8.81. The molecule has 0 radical (unpaired) electrons. The van der Waals surface area contributed by atoms with Gasteiger partial charge in [0.05, 0.1) is 11.1 Å². The van der Waals surface area contributed by atoms with Gasteiger partial charge in [0, 0.05) is 29.2 Å². The Balaban J connectivity index is 1.47. The molecular weight excluding hydrogens is 314 g/mol. The van der Waals surface area contributed by atoms with E-state index in [1.807, 2.05) is 30.0 Å². The summed E-state index contributed by atoms with van der Waals surface area (Å²) >= 11 is 0. The summed E-state index contributed by atoms with van der Waals surface area (Å²) < 4.78 is 0. The maximum absolute atomic E-state index is 12.9. The number of fused-ring (bicyclic) bond motifs is 2. The van der Waals surface area contributed by atoms with Gasteiger partial charge in [-0.2, -0.15) is 0 Å². The van der Waals surface area contributed by atoms with E-state index in [-0.39, 0.29) is 17.2 Å². The topological polar surface area (TPSA) is 62.3 Å². The van der Waals surface area contributed by atoms with Crippen LogP contribution in [-0.4, -0.2) is 22.8 Å². The predicted molar refractivity (Wildman–Crippen MR) is 94.8 cm³/mol. The van der Waals surface area contributed by atoms with Crippen LogP contribution in [0.25, 0.3) is 0 Å². The zero-order valence-electron chi connectivity index (χ0n) is 14.1. The summed E-state index contributed by atoms with van der Waals surface area (Å²) in [6, 6.07) is 9.71.